The highest BCUT2D eigenvalue weighted by atomic mass is 35.5. The Labute approximate surface area is 125 Å². The van der Waals surface area contributed by atoms with Crippen LogP contribution in [0.1, 0.15) is 5.56 Å². The quantitative estimate of drug-likeness (QED) is 0.780. The lowest BCUT2D eigenvalue weighted by atomic mass is 10.2. The lowest BCUT2D eigenvalue weighted by Crippen LogP contribution is -2.42. The Kier molecular flexibility index (Phi) is 6.29. The Bertz CT molecular complexity index is 500. The zero-order valence-electron chi connectivity index (χ0n) is 11.3. The third-order valence-corrected chi connectivity index (χ3v) is 2.94. The van der Waals surface area contributed by atoms with E-state index in [1.807, 2.05) is 0 Å². The van der Waals surface area contributed by atoms with Gasteiger partial charge in [0.1, 0.15) is 12.5 Å². The smallest absolute Gasteiger partial charge is 0.287 e. The van der Waals surface area contributed by atoms with Crippen molar-refractivity contribution in [3.05, 3.63) is 29.6 Å². The first kappa shape index (κ1) is 17.6. The van der Waals surface area contributed by atoms with Gasteiger partial charge in [0.2, 0.25) is 5.91 Å². The van der Waals surface area contributed by atoms with Crippen LogP contribution in [0.2, 0.25) is 0 Å². The van der Waals surface area contributed by atoms with Crippen molar-refractivity contribution in [2.24, 2.45) is 0 Å². The topological polar surface area (TPSA) is 49.8 Å². The van der Waals surface area contributed by atoms with E-state index >= 15 is 0 Å². The second kappa shape index (κ2) is 7.51. The van der Waals surface area contributed by atoms with Crippen LogP contribution < -0.4 is 4.74 Å². The van der Waals surface area contributed by atoms with Crippen LogP contribution in [0.5, 0.6) is 5.75 Å². The molecule has 1 N–H and O–H groups in total. The molecular formula is C13H15ClF3NO3. The first-order valence-electron chi connectivity index (χ1n) is 5.98. The summed E-state index contributed by atoms with van der Waals surface area (Å²) in [5.74, 6) is -5.28. The molecule has 0 heterocycles. The number of amides is 1. The fourth-order valence-electron chi connectivity index (χ4n) is 1.67. The largest absolute Gasteiger partial charge is 0.494 e. The molecule has 21 heavy (non-hydrogen) atoms. The number of aliphatic hydroxyl groups is 1. The average molecular weight is 326 g/mol. The second-order valence-electron chi connectivity index (χ2n) is 4.37. The van der Waals surface area contributed by atoms with Gasteiger partial charge in [-0.15, -0.1) is 11.6 Å². The summed E-state index contributed by atoms with van der Waals surface area (Å²) in [6.07, 6.45) is 0. The number of alkyl halides is 3. The van der Waals surface area contributed by atoms with E-state index in [-0.39, 0.29) is 12.3 Å². The SMILES string of the molecule is COc1cc(CN(CC(F)(F)CO)C(=O)CCl)ccc1F. The molecule has 1 rings (SSSR count). The molecule has 0 unspecified atom stereocenters. The van der Waals surface area contributed by atoms with Crippen molar-refractivity contribution in [2.45, 2.75) is 12.5 Å². The summed E-state index contributed by atoms with van der Waals surface area (Å²) in [4.78, 5) is 12.4. The summed E-state index contributed by atoms with van der Waals surface area (Å²) in [5, 5.41) is 8.59. The summed E-state index contributed by atoms with van der Waals surface area (Å²) in [6.45, 7) is -2.56. The second-order valence-corrected chi connectivity index (χ2v) is 4.63. The van der Waals surface area contributed by atoms with E-state index in [0.29, 0.717) is 5.56 Å². The van der Waals surface area contributed by atoms with E-state index in [1.165, 1.54) is 19.2 Å². The van der Waals surface area contributed by atoms with Crippen LogP contribution in [0.3, 0.4) is 0 Å². The van der Waals surface area contributed by atoms with Crippen molar-refractivity contribution < 1.29 is 27.8 Å². The molecule has 0 aliphatic heterocycles. The van der Waals surface area contributed by atoms with Gasteiger partial charge in [-0.25, -0.2) is 13.2 Å². The molecule has 1 aromatic carbocycles. The summed E-state index contributed by atoms with van der Waals surface area (Å²) < 4.78 is 44.5. The Hall–Kier alpha value is -1.47. The zero-order valence-corrected chi connectivity index (χ0v) is 12.0. The van der Waals surface area contributed by atoms with Crippen molar-refractivity contribution in [3.8, 4) is 5.75 Å². The number of ether oxygens (including phenoxy) is 1. The number of rotatable bonds is 7. The molecule has 0 fully saturated rings. The van der Waals surface area contributed by atoms with Gasteiger partial charge >= 0.3 is 0 Å². The van der Waals surface area contributed by atoms with Crippen LogP contribution >= 0.6 is 11.6 Å². The number of nitrogens with zero attached hydrogens (tertiary/aromatic N) is 1. The number of carbonyl (C=O) groups excluding carboxylic acids is 1. The molecule has 0 aliphatic carbocycles. The van der Waals surface area contributed by atoms with Gasteiger partial charge < -0.3 is 14.7 Å². The minimum absolute atomic E-state index is 0.0558. The highest BCUT2D eigenvalue weighted by molar-refractivity contribution is 6.27. The summed E-state index contributed by atoms with van der Waals surface area (Å²) >= 11 is 5.39. The lowest BCUT2D eigenvalue weighted by Gasteiger charge is -2.26. The maximum atomic E-state index is 13.3. The minimum Gasteiger partial charge on any atom is -0.494 e. The van der Waals surface area contributed by atoms with Gasteiger partial charge in [0.15, 0.2) is 11.6 Å². The Morgan fingerprint density at radius 2 is 2.14 bits per heavy atom. The zero-order chi connectivity index (χ0) is 16.0. The minimum atomic E-state index is -3.44. The predicted octanol–water partition coefficient (Wildman–Crippen LogP) is 2.03. The molecule has 0 atom stereocenters. The van der Waals surface area contributed by atoms with Gasteiger partial charge in [-0.1, -0.05) is 6.07 Å². The van der Waals surface area contributed by atoms with E-state index in [2.05, 4.69) is 0 Å². The van der Waals surface area contributed by atoms with Gasteiger partial charge in [-0.05, 0) is 17.7 Å². The highest BCUT2D eigenvalue weighted by Gasteiger charge is 2.32. The summed E-state index contributed by atoms with van der Waals surface area (Å²) in [5.41, 5.74) is 0.403. The standard InChI is InChI=1S/C13H15ClF3NO3/c1-21-11-4-9(2-3-10(11)15)6-18(12(20)5-14)7-13(16,17)8-19/h2-4,19H,5-8H2,1H3. The van der Waals surface area contributed by atoms with Crippen molar-refractivity contribution in [1.29, 1.82) is 0 Å². The molecule has 4 nitrogen and oxygen atoms in total. The van der Waals surface area contributed by atoms with Crippen molar-refractivity contribution in [3.63, 3.8) is 0 Å². The number of methoxy groups -OCH3 is 1. The van der Waals surface area contributed by atoms with Crippen molar-refractivity contribution in [1.82, 2.24) is 4.90 Å². The Morgan fingerprint density at radius 3 is 2.67 bits per heavy atom. The number of hydrogen-bond acceptors (Lipinski definition) is 3. The van der Waals surface area contributed by atoms with Gasteiger partial charge in [-0.3, -0.25) is 4.79 Å². The van der Waals surface area contributed by atoms with Crippen molar-refractivity contribution >= 4 is 17.5 Å². The van der Waals surface area contributed by atoms with Gasteiger partial charge in [0.25, 0.3) is 5.92 Å². The number of carbonyl (C=O) groups is 1. The monoisotopic (exact) mass is 325 g/mol. The molecule has 118 valence electrons. The lowest BCUT2D eigenvalue weighted by molar-refractivity contribution is -0.137. The third kappa shape index (κ3) is 5.09. The fourth-order valence-corrected chi connectivity index (χ4v) is 1.84. The maximum absolute atomic E-state index is 13.3. The van der Waals surface area contributed by atoms with Crippen LogP contribution in [-0.2, 0) is 11.3 Å². The molecule has 0 spiro atoms. The first-order chi connectivity index (χ1) is 9.82. The molecule has 1 amide bonds. The molecular weight excluding hydrogens is 311 g/mol. The molecule has 0 aromatic heterocycles. The maximum Gasteiger partial charge on any atom is 0.287 e. The van der Waals surface area contributed by atoms with E-state index in [0.717, 1.165) is 11.0 Å². The molecule has 8 heteroatoms. The summed E-state index contributed by atoms with van der Waals surface area (Å²) in [7, 11) is 1.27. The summed E-state index contributed by atoms with van der Waals surface area (Å²) in [6, 6.07) is 3.77. The molecule has 0 saturated carbocycles. The van der Waals surface area contributed by atoms with E-state index in [4.69, 9.17) is 21.4 Å². The van der Waals surface area contributed by atoms with E-state index in [1.54, 1.807) is 0 Å². The van der Waals surface area contributed by atoms with Crippen LogP contribution in [0.4, 0.5) is 13.2 Å². The van der Waals surface area contributed by atoms with Crippen molar-refractivity contribution in [2.75, 3.05) is 26.1 Å². The predicted molar refractivity (Wildman–Crippen MR) is 71.1 cm³/mol. The third-order valence-electron chi connectivity index (χ3n) is 2.71. The molecule has 1 aromatic rings. The van der Waals surface area contributed by atoms with Crippen LogP contribution in [0.15, 0.2) is 18.2 Å². The molecule has 0 radical (unpaired) electrons. The van der Waals surface area contributed by atoms with Gasteiger partial charge in [-0.2, -0.15) is 0 Å². The number of halogens is 4. The van der Waals surface area contributed by atoms with Gasteiger partial charge in [0, 0.05) is 6.54 Å². The molecule has 0 bridgehead atoms. The fraction of sp³-hybridized carbons (Fsp3) is 0.462. The van der Waals surface area contributed by atoms with Crippen LogP contribution in [-0.4, -0.2) is 48.0 Å². The van der Waals surface area contributed by atoms with Crippen LogP contribution in [0, 0.1) is 5.82 Å². The van der Waals surface area contributed by atoms with E-state index in [9.17, 15) is 18.0 Å². The molecule has 0 saturated heterocycles. The molecule has 0 aliphatic rings. The number of benzene rings is 1. The van der Waals surface area contributed by atoms with Gasteiger partial charge in [0.05, 0.1) is 13.7 Å². The van der Waals surface area contributed by atoms with Crippen LogP contribution in [0.25, 0.3) is 0 Å². The Morgan fingerprint density at radius 1 is 1.48 bits per heavy atom. The normalized spacial score (nSPS) is 11.3. The number of aliphatic hydroxyl groups excluding tert-OH is 1. The Balaban J connectivity index is 2.93. The average Bonchev–Trinajstić information content (AvgIpc) is 2.47. The first-order valence-corrected chi connectivity index (χ1v) is 6.51. The highest BCUT2D eigenvalue weighted by Crippen LogP contribution is 2.21. The number of hydrogen-bond donors (Lipinski definition) is 1. The van der Waals surface area contributed by atoms with E-state index < -0.39 is 36.7 Å².